The second kappa shape index (κ2) is 8.14. The summed E-state index contributed by atoms with van der Waals surface area (Å²) in [6, 6.07) is 3.70. The molecule has 1 rings (SSSR count). The van der Waals surface area contributed by atoms with Crippen LogP contribution in [0.2, 0.25) is 5.02 Å². The molecule has 0 aliphatic carbocycles. The third-order valence-corrected chi connectivity index (χ3v) is 3.07. The molecule has 1 atom stereocenters. The SMILES string of the molecule is CC(C)CC(NCc1ccc(OC(F)F)c(Cl)c1)C(=O)O. The lowest BCUT2D eigenvalue weighted by Crippen LogP contribution is -2.37. The van der Waals surface area contributed by atoms with Crippen molar-refractivity contribution in [3.63, 3.8) is 0 Å². The highest BCUT2D eigenvalue weighted by atomic mass is 35.5. The first-order chi connectivity index (χ1) is 9.79. The maximum absolute atomic E-state index is 12.1. The highest BCUT2D eigenvalue weighted by Gasteiger charge is 2.18. The normalized spacial score (nSPS) is 12.7. The molecule has 1 aromatic rings. The number of aliphatic carboxylic acids is 1. The van der Waals surface area contributed by atoms with Gasteiger partial charge in [0.2, 0.25) is 0 Å². The number of alkyl halides is 2. The van der Waals surface area contributed by atoms with Gasteiger partial charge in [-0.1, -0.05) is 31.5 Å². The Labute approximate surface area is 127 Å². The van der Waals surface area contributed by atoms with Gasteiger partial charge in [-0.15, -0.1) is 0 Å². The summed E-state index contributed by atoms with van der Waals surface area (Å²) in [6.45, 7) is 1.21. The smallest absolute Gasteiger partial charge is 0.387 e. The van der Waals surface area contributed by atoms with Crippen molar-refractivity contribution in [2.24, 2.45) is 5.92 Å². The number of benzene rings is 1. The fourth-order valence-electron chi connectivity index (χ4n) is 1.83. The van der Waals surface area contributed by atoms with Crippen LogP contribution in [0.3, 0.4) is 0 Å². The lowest BCUT2D eigenvalue weighted by Gasteiger charge is -2.17. The first-order valence-corrected chi connectivity index (χ1v) is 6.86. The third kappa shape index (κ3) is 6.27. The van der Waals surface area contributed by atoms with Gasteiger partial charge in [0.1, 0.15) is 11.8 Å². The number of hydrogen-bond donors (Lipinski definition) is 2. The molecule has 0 heterocycles. The molecule has 0 saturated carbocycles. The first-order valence-electron chi connectivity index (χ1n) is 6.49. The minimum Gasteiger partial charge on any atom is -0.480 e. The summed E-state index contributed by atoms with van der Waals surface area (Å²) in [4.78, 5) is 11.1. The molecular weight excluding hydrogens is 304 g/mol. The molecule has 0 radical (unpaired) electrons. The number of carbonyl (C=O) groups is 1. The summed E-state index contributed by atoms with van der Waals surface area (Å²) in [5, 5.41) is 12.1. The van der Waals surface area contributed by atoms with E-state index in [-0.39, 0.29) is 23.2 Å². The van der Waals surface area contributed by atoms with Gasteiger partial charge >= 0.3 is 12.6 Å². The van der Waals surface area contributed by atoms with Crippen LogP contribution in [-0.4, -0.2) is 23.7 Å². The van der Waals surface area contributed by atoms with Gasteiger partial charge in [-0.05, 0) is 30.0 Å². The van der Waals surface area contributed by atoms with Gasteiger partial charge in [0, 0.05) is 6.54 Å². The van der Waals surface area contributed by atoms with Crippen LogP contribution in [0.5, 0.6) is 5.75 Å². The first kappa shape index (κ1) is 17.7. The van der Waals surface area contributed by atoms with E-state index in [1.807, 2.05) is 13.8 Å². The molecule has 1 unspecified atom stereocenters. The Morgan fingerprint density at radius 1 is 1.43 bits per heavy atom. The molecule has 4 nitrogen and oxygen atoms in total. The summed E-state index contributed by atoms with van der Waals surface area (Å²) in [5.41, 5.74) is 0.691. The van der Waals surface area contributed by atoms with E-state index in [0.29, 0.717) is 12.0 Å². The molecule has 0 saturated heterocycles. The van der Waals surface area contributed by atoms with Crippen molar-refractivity contribution in [1.29, 1.82) is 0 Å². The molecule has 0 aromatic heterocycles. The van der Waals surface area contributed by atoms with Crippen molar-refractivity contribution in [2.75, 3.05) is 0 Å². The highest BCUT2D eigenvalue weighted by molar-refractivity contribution is 6.32. The standard InChI is InChI=1S/C14H18ClF2NO3/c1-8(2)5-11(13(19)20)18-7-9-3-4-12(10(15)6-9)21-14(16)17/h3-4,6,8,11,14,18H,5,7H2,1-2H3,(H,19,20). The van der Waals surface area contributed by atoms with Crippen molar-refractivity contribution < 1.29 is 23.4 Å². The minimum atomic E-state index is -2.94. The Morgan fingerprint density at radius 2 is 2.10 bits per heavy atom. The van der Waals surface area contributed by atoms with Crippen LogP contribution in [0.25, 0.3) is 0 Å². The Bertz CT molecular complexity index is 483. The van der Waals surface area contributed by atoms with Gasteiger partial charge in [0.05, 0.1) is 5.02 Å². The molecule has 0 aliphatic heterocycles. The molecule has 118 valence electrons. The lowest BCUT2D eigenvalue weighted by molar-refractivity contribution is -0.140. The monoisotopic (exact) mass is 321 g/mol. The van der Waals surface area contributed by atoms with Gasteiger partial charge in [0.15, 0.2) is 0 Å². The molecule has 21 heavy (non-hydrogen) atoms. The summed E-state index contributed by atoms with van der Waals surface area (Å²) in [7, 11) is 0. The Hall–Kier alpha value is -1.40. The average molecular weight is 322 g/mol. The van der Waals surface area contributed by atoms with E-state index in [2.05, 4.69) is 10.1 Å². The fourth-order valence-corrected chi connectivity index (χ4v) is 2.08. The summed E-state index contributed by atoms with van der Waals surface area (Å²) in [5.74, 6) is -0.788. The maximum Gasteiger partial charge on any atom is 0.387 e. The number of ether oxygens (including phenoxy) is 1. The van der Waals surface area contributed by atoms with Crippen LogP contribution < -0.4 is 10.1 Å². The van der Waals surface area contributed by atoms with Gasteiger partial charge in [0.25, 0.3) is 0 Å². The van der Waals surface area contributed by atoms with E-state index < -0.39 is 18.6 Å². The van der Waals surface area contributed by atoms with E-state index in [4.69, 9.17) is 16.7 Å². The summed E-state index contributed by atoms with van der Waals surface area (Å²) >= 11 is 5.83. The zero-order chi connectivity index (χ0) is 16.0. The van der Waals surface area contributed by atoms with Gasteiger partial charge in [-0.3, -0.25) is 4.79 Å². The zero-order valence-electron chi connectivity index (χ0n) is 11.8. The molecule has 0 amide bonds. The van der Waals surface area contributed by atoms with E-state index >= 15 is 0 Å². The Balaban J connectivity index is 2.66. The van der Waals surface area contributed by atoms with E-state index in [9.17, 15) is 13.6 Å². The van der Waals surface area contributed by atoms with Crippen molar-refractivity contribution in [3.05, 3.63) is 28.8 Å². The summed E-state index contributed by atoms with van der Waals surface area (Å²) in [6.07, 6.45) is 0.496. The Morgan fingerprint density at radius 3 is 2.57 bits per heavy atom. The fraction of sp³-hybridized carbons (Fsp3) is 0.500. The van der Waals surface area contributed by atoms with Crippen LogP contribution in [0.4, 0.5) is 8.78 Å². The third-order valence-electron chi connectivity index (χ3n) is 2.77. The van der Waals surface area contributed by atoms with Crippen LogP contribution >= 0.6 is 11.6 Å². The zero-order valence-corrected chi connectivity index (χ0v) is 12.5. The summed E-state index contributed by atoms with van der Waals surface area (Å²) < 4.78 is 28.5. The predicted molar refractivity (Wildman–Crippen MR) is 75.8 cm³/mol. The van der Waals surface area contributed by atoms with E-state index in [1.165, 1.54) is 12.1 Å². The Kier molecular flexibility index (Phi) is 6.84. The second-order valence-electron chi connectivity index (χ2n) is 5.04. The highest BCUT2D eigenvalue weighted by Crippen LogP contribution is 2.27. The largest absolute Gasteiger partial charge is 0.480 e. The van der Waals surface area contributed by atoms with Crippen LogP contribution in [0, 0.1) is 5.92 Å². The molecule has 0 bridgehead atoms. The molecule has 7 heteroatoms. The van der Waals surface area contributed by atoms with Crippen LogP contribution in [-0.2, 0) is 11.3 Å². The predicted octanol–water partition coefficient (Wildman–Crippen LogP) is 3.53. The molecule has 0 spiro atoms. The number of carboxylic acids is 1. The second-order valence-corrected chi connectivity index (χ2v) is 5.45. The van der Waals surface area contributed by atoms with Crippen molar-refractivity contribution >= 4 is 17.6 Å². The molecular formula is C14H18ClF2NO3. The van der Waals surface area contributed by atoms with Crippen molar-refractivity contribution in [3.8, 4) is 5.75 Å². The van der Waals surface area contributed by atoms with Gasteiger partial charge in [-0.2, -0.15) is 8.78 Å². The van der Waals surface area contributed by atoms with Gasteiger partial charge < -0.3 is 15.2 Å². The van der Waals surface area contributed by atoms with Gasteiger partial charge in [-0.25, -0.2) is 0 Å². The van der Waals surface area contributed by atoms with Crippen LogP contribution in [0.15, 0.2) is 18.2 Å². The quantitative estimate of drug-likeness (QED) is 0.769. The number of nitrogens with one attached hydrogen (secondary N) is 1. The molecule has 2 N–H and O–H groups in total. The topological polar surface area (TPSA) is 58.6 Å². The van der Waals surface area contributed by atoms with Crippen molar-refractivity contribution in [1.82, 2.24) is 5.32 Å². The number of carboxylic acid groups (broad SMARTS) is 1. The van der Waals surface area contributed by atoms with E-state index in [1.54, 1.807) is 6.07 Å². The lowest BCUT2D eigenvalue weighted by atomic mass is 10.0. The maximum atomic E-state index is 12.1. The average Bonchev–Trinajstić information content (AvgIpc) is 2.36. The number of rotatable bonds is 8. The molecule has 0 aliphatic rings. The molecule has 1 aromatic carbocycles. The van der Waals surface area contributed by atoms with E-state index in [0.717, 1.165) is 0 Å². The van der Waals surface area contributed by atoms with Crippen molar-refractivity contribution in [2.45, 2.75) is 39.5 Å². The van der Waals surface area contributed by atoms with Crippen LogP contribution in [0.1, 0.15) is 25.8 Å². The minimum absolute atomic E-state index is 0.0605. The number of hydrogen-bond acceptors (Lipinski definition) is 3. The molecule has 0 fully saturated rings. The number of halogens is 3.